The van der Waals surface area contributed by atoms with Crippen LogP contribution in [0.3, 0.4) is 0 Å². The Morgan fingerprint density at radius 1 is 0.938 bits per heavy atom. The molecule has 98 valence electrons. The molecular formula is C14H29BrS. The van der Waals surface area contributed by atoms with Crippen molar-refractivity contribution in [3.63, 3.8) is 0 Å². The van der Waals surface area contributed by atoms with E-state index in [9.17, 15) is 0 Å². The predicted molar refractivity (Wildman–Crippen MR) is 82.9 cm³/mol. The molecule has 0 aromatic heterocycles. The summed E-state index contributed by atoms with van der Waals surface area (Å²) in [4.78, 5) is 0. The fourth-order valence-corrected chi connectivity index (χ4v) is 3.19. The van der Waals surface area contributed by atoms with Crippen LogP contribution in [-0.2, 0) is 0 Å². The third kappa shape index (κ3) is 12.9. The molecular weight excluding hydrogens is 280 g/mol. The molecule has 0 spiro atoms. The molecule has 16 heavy (non-hydrogen) atoms. The molecule has 0 amide bonds. The fraction of sp³-hybridized carbons (Fsp3) is 1.00. The van der Waals surface area contributed by atoms with Crippen molar-refractivity contribution >= 4 is 27.7 Å². The van der Waals surface area contributed by atoms with Crippen LogP contribution in [0.5, 0.6) is 0 Å². The number of hydrogen-bond acceptors (Lipinski definition) is 1. The molecule has 1 unspecified atom stereocenters. The first kappa shape index (κ1) is 16.8. The molecule has 0 N–H and O–H groups in total. The molecule has 0 saturated carbocycles. The molecule has 0 aromatic carbocycles. The summed E-state index contributed by atoms with van der Waals surface area (Å²) in [6, 6.07) is 0. The molecule has 0 nitrogen and oxygen atoms in total. The van der Waals surface area contributed by atoms with Gasteiger partial charge >= 0.3 is 0 Å². The van der Waals surface area contributed by atoms with Gasteiger partial charge in [-0.05, 0) is 30.3 Å². The first-order valence-corrected chi connectivity index (χ1v) is 9.22. The van der Waals surface area contributed by atoms with Gasteiger partial charge in [-0.15, -0.1) is 0 Å². The predicted octanol–water partition coefficient (Wildman–Crippen LogP) is 5.89. The zero-order chi connectivity index (χ0) is 12.1. The Kier molecular flexibility index (Phi) is 14.6. The second kappa shape index (κ2) is 13.9. The summed E-state index contributed by atoms with van der Waals surface area (Å²) < 4.78 is 0. The van der Waals surface area contributed by atoms with Crippen LogP contribution in [0.4, 0.5) is 0 Å². The summed E-state index contributed by atoms with van der Waals surface area (Å²) in [7, 11) is 0. The van der Waals surface area contributed by atoms with Gasteiger partial charge in [-0.1, -0.05) is 68.3 Å². The van der Waals surface area contributed by atoms with Gasteiger partial charge in [0.2, 0.25) is 0 Å². The summed E-state index contributed by atoms with van der Waals surface area (Å²) >= 11 is 5.63. The average molecular weight is 309 g/mol. The third-order valence-corrected chi connectivity index (χ3v) is 4.96. The van der Waals surface area contributed by atoms with Crippen LogP contribution in [0, 0.1) is 5.92 Å². The molecule has 2 heteroatoms. The summed E-state index contributed by atoms with van der Waals surface area (Å²) in [5, 5.41) is 1.18. The molecule has 0 heterocycles. The normalized spacial score (nSPS) is 12.9. The van der Waals surface area contributed by atoms with Crippen LogP contribution in [0.2, 0.25) is 0 Å². The van der Waals surface area contributed by atoms with Gasteiger partial charge in [-0.3, -0.25) is 0 Å². The van der Waals surface area contributed by atoms with Gasteiger partial charge in [0.25, 0.3) is 0 Å². The molecule has 0 aliphatic rings. The van der Waals surface area contributed by atoms with Crippen LogP contribution in [-0.4, -0.2) is 16.8 Å². The van der Waals surface area contributed by atoms with E-state index in [-0.39, 0.29) is 0 Å². The van der Waals surface area contributed by atoms with Crippen LogP contribution < -0.4 is 0 Å². The maximum Gasteiger partial charge on any atom is 0.00313 e. The lowest BCUT2D eigenvalue weighted by Crippen LogP contribution is -1.96. The minimum Gasteiger partial charge on any atom is -0.162 e. The first-order valence-electron chi connectivity index (χ1n) is 6.95. The Labute approximate surface area is 115 Å². The lowest BCUT2D eigenvalue weighted by molar-refractivity contribution is 0.605. The van der Waals surface area contributed by atoms with Crippen LogP contribution in [0.1, 0.15) is 65.2 Å². The minimum atomic E-state index is 0.911. The van der Waals surface area contributed by atoms with E-state index in [0.717, 1.165) is 5.92 Å². The highest BCUT2D eigenvalue weighted by molar-refractivity contribution is 9.09. The highest BCUT2D eigenvalue weighted by Crippen LogP contribution is 2.14. The van der Waals surface area contributed by atoms with Gasteiger partial charge in [0.15, 0.2) is 0 Å². The van der Waals surface area contributed by atoms with Crippen LogP contribution in [0.25, 0.3) is 0 Å². The number of alkyl halides is 1. The van der Waals surface area contributed by atoms with Crippen LogP contribution in [0.15, 0.2) is 0 Å². The Morgan fingerprint density at radius 2 is 1.50 bits per heavy atom. The van der Waals surface area contributed by atoms with Crippen molar-refractivity contribution in [2.75, 3.05) is 16.8 Å². The van der Waals surface area contributed by atoms with Gasteiger partial charge in [0.05, 0.1) is 0 Å². The van der Waals surface area contributed by atoms with E-state index in [4.69, 9.17) is 0 Å². The van der Waals surface area contributed by atoms with E-state index in [1.54, 1.807) is 0 Å². The monoisotopic (exact) mass is 308 g/mol. The Bertz CT molecular complexity index is 128. The van der Waals surface area contributed by atoms with Gasteiger partial charge < -0.3 is 0 Å². The van der Waals surface area contributed by atoms with Crippen molar-refractivity contribution in [2.45, 2.75) is 65.2 Å². The van der Waals surface area contributed by atoms with Gasteiger partial charge in [0, 0.05) is 5.33 Å². The van der Waals surface area contributed by atoms with Gasteiger partial charge in [0.1, 0.15) is 0 Å². The molecule has 0 bridgehead atoms. The van der Waals surface area contributed by atoms with E-state index >= 15 is 0 Å². The second-order valence-electron chi connectivity index (χ2n) is 4.75. The number of unbranched alkanes of at least 4 members (excludes halogenated alkanes) is 6. The standard InChI is InChI=1S/C14H29BrS/c1-3-14(2)13-16-12-10-8-6-4-5-7-9-11-15/h14H,3-13H2,1-2H3. The lowest BCUT2D eigenvalue weighted by Gasteiger charge is -2.07. The summed E-state index contributed by atoms with van der Waals surface area (Å²) in [5.74, 6) is 3.65. The minimum absolute atomic E-state index is 0.911. The SMILES string of the molecule is CCC(C)CSCCCCCCCCCBr. The summed E-state index contributed by atoms with van der Waals surface area (Å²) in [6.07, 6.45) is 11.3. The average Bonchev–Trinajstić information content (AvgIpc) is 2.31. The Hall–Kier alpha value is 0.830. The van der Waals surface area contributed by atoms with E-state index in [2.05, 4.69) is 41.5 Å². The summed E-state index contributed by atoms with van der Waals surface area (Å²) in [6.45, 7) is 4.65. The Balaban J connectivity index is 2.93. The quantitative estimate of drug-likeness (QED) is 0.320. The largest absolute Gasteiger partial charge is 0.162 e. The fourth-order valence-electron chi connectivity index (χ4n) is 1.58. The smallest absolute Gasteiger partial charge is 0.00313 e. The van der Waals surface area contributed by atoms with Gasteiger partial charge in [-0.25, -0.2) is 0 Å². The highest BCUT2D eigenvalue weighted by atomic mass is 79.9. The molecule has 0 rings (SSSR count). The van der Waals surface area contributed by atoms with Crippen molar-refractivity contribution in [1.29, 1.82) is 0 Å². The van der Waals surface area contributed by atoms with Crippen LogP contribution >= 0.6 is 27.7 Å². The van der Waals surface area contributed by atoms with Gasteiger partial charge in [-0.2, -0.15) is 11.8 Å². The van der Waals surface area contributed by atoms with Crippen molar-refractivity contribution in [3.05, 3.63) is 0 Å². The zero-order valence-corrected chi connectivity index (χ0v) is 13.5. The van der Waals surface area contributed by atoms with E-state index in [0.29, 0.717) is 0 Å². The van der Waals surface area contributed by atoms with E-state index in [1.807, 2.05) is 0 Å². The number of halogens is 1. The number of thioether (sulfide) groups is 1. The highest BCUT2D eigenvalue weighted by Gasteiger charge is 1.98. The van der Waals surface area contributed by atoms with Crippen molar-refractivity contribution in [3.8, 4) is 0 Å². The number of rotatable bonds is 12. The Morgan fingerprint density at radius 3 is 2.06 bits per heavy atom. The van der Waals surface area contributed by atoms with Crippen molar-refractivity contribution in [2.24, 2.45) is 5.92 Å². The molecule has 0 aliphatic carbocycles. The molecule has 0 saturated heterocycles. The summed E-state index contributed by atoms with van der Waals surface area (Å²) in [5.41, 5.74) is 0. The van der Waals surface area contributed by atoms with Crippen molar-refractivity contribution in [1.82, 2.24) is 0 Å². The maximum atomic E-state index is 3.48. The molecule has 0 aliphatic heterocycles. The lowest BCUT2D eigenvalue weighted by atomic mass is 10.1. The second-order valence-corrected chi connectivity index (χ2v) is 6.70. The molecule has 1 atom stereocenters. The molecule has 0 fully saturated rings. The first-order chi connectivity index (χ1) is 7.81. The van der Waals surface area contributed by atoms with Crippen molar-refractivity contribution < 1.29 is 0 Å². The van der Waals surface area contributed by atoms with E-state index < -0.39 is 0 Å². The molecule has 0 radical (unpaired) electrons. The maximum absolute atomic E-state index is 3.48. The zero-order valence-electron chi connectivity index (χ0n) is 11.1. The third-order valence-electron chi connectivity index (χ3n) is 3.02. The molecule has 0 aromatic rings. The number of hydrogen-bond donors (Lipinski definition) is 0. The topological polar surface area (TPSA) is 0 Å². The van der Waals surface area contributed by atoms with E-state index in [1.165, 1.54) is 68.2 Å².